The van der Waals surface area contributed by atoms with Crippen molar-refractivity contribution in [3.63, 3.8) is 0 Å². The fraction of sp³-hybridized carbons (Fsp3) is 0.308. The van der Waals surface area contributed by atoms with E-state index in [9.17, 15) is 4.79 Å². The van der Waals surface area contributed by atoms with E-state index in [1.54, 1.807) is 0 Å². The Morgan fingerprint density at radius 3 is 2.44 bits per heavy atom. The van der Waals surface area contributed by atoms with E-state index >= 15 is 0 Å². The van der Waals surface area contributed by atoms with Crippen LogP contribution in [0.5, 0.6) is 0 Å². The molecule has 1 atom stereocenters. The summed E-state index contributed by atoms with van der Waals surface area (Å²) < 4.78 is 5.98. The minimum Gasteiger partial charge on any atom is -0.453 e. The van der Waals surface area contributed by atoms with Gasteiger partial charge in [-0.1, -0.05) is 44.2 Å². The fourth-order valence-electron chi connectivity index (χ4n) is 1.72. The number of ether oxygens (including phenoxy) is 1. The summed E-state index contributed by atoms with van der Waals surface area (Å²) >= 11 is 3.49. The van der Waals surface area contributed by atoms with Crippen molar-refractivity contribution in [2.45, 2.75) is 20.0 Å². The highest BCUT2D eigenvalue weighted by Crippen LogP contribution is 2.37. The molecule has 0 saturated carbocycles. The molecule has 0 bridgehead atoms. The summed E-state index contributed by atoms with van der Waals surface area (Å²) in [7, 11) is 0. The molecule has 1 heterocycles. The lowest BCUT2D eigenvalue weighted by atomic mass is 9.92. The van der Waals surface area contributed by atoms with E-state index in [4.69, 9.17) is 4.74 Å². The number of carbonyl (C=O) groups excluding carboxylic acids is 1. The molecule has 16 heavy (non-hydrogen) atoms. The maximum absolute atomic E-state index is 11.5. The van der Waals surface area contributed by atoms with Gasteiger partial charge in [-0.3, -0.25) is 0 Å². The first-order valence-corrected chi connectivity index (χ1v) is 6.06. The summed E-state index contributed by atoms with van der Waals surface area (Å²) in [6.07, 6.45) is -0.0814. The van der Waals surface area contributed by atoms with Crippen molar-refractivity contribution in [1.29, 1.82) is 0 Å². The van der Waals surface area contributed by atoms with E-state index in [2.05, 4.69) is 15.9 Å². The van der Waals surface area contributed by atoms with Crippen molar-refractivity contribution >= 4 is 26.4 Å². The molecule has 1 saturated heterocycles. The molecule has 1 aliphatic heterocycles. The normalized spacial score (nSPS) is 22.8. The number of esters is 1. The lowest BCUT2D eigenvalue weighted by molar-refractivity contribution is -0.158. The smallest absolute Gasteiger partial charge is 0.339 e. The van der Waals surface area contributed by atoms with Gasteiger partial charge in [0, 0.05) is 4.48 Å². The molecular weight excluding hydrogens is 268 g/mol. The monoisotopic (exact) mass is 280 g/mol. The van der Waals surface area contributed by atoms with Crippen molar-refractivity contribution in [2.75, 3.05) is 0 Å². The molecule has 0 N–H and O–H groups in total. The zero-order valence-corrected chi connectivity index (χ0v) is 10.8. The molecule has 1 aromatic rings. The summed E-state index contributed by atoms with van der Waals surface area (Å²) in [5.41, 5.74) is 1.76. The topological polar surface area (TPSA) is 26.3 Å². The molecule has 0 radical (unpaired) electrons. The van der Waals surface area contributed by atoms with Gasteiger partial charge in [0.2, 0.25) is 0 Å². The Morgan fingerprint density at radius 2 is 1.94 bits per heavy atom. The standard InChI is InChI=1S/C13H13BrO2/c1-8(2)12-10(13(15)16-12)11(14)9-6-4-3-5-7-9/h3-8,12H,1-2H3/b11-10-. The first-order valence-electron chi connectivity index (χ1n) is 5.27. The maximum atomic E-state index is 11.5. The highest BCUT2D eigenvalue weighted by Gasteiger charge is 2.40. The van der Waals surface area contributed by atoms with Gasteiger partial charge in [0.1, 0.15) is 6.10 Å². The van der Waals surface area contributed by atoms with Crippen LogP contribution in [0.3, 0.4) is 0 Å². The Hall–Kier alpha value is -1.09. The molecule has 0 amide bonds. The molecule has 2 rings (SSSR count). The van der Waals surface area contributed by atoms with Gasteiger partial charge in [-0.2, -0.15) is 0 Å². The Bertz CT molecular complexity index is 435. The third-order valence-electron chi connectivity index (χ3n) is 2.61. The second-order valence-electron chi connectivity index (χ2n) is 4.16. The number of carbonyl (C=O) groups is 1. The zero-order valence-electron chi connectivity index (χ0n) is 9.24. The molecule has 0 aliphatic carbocycles. The Morgan fingerprint density at radius 1 is 1.31 bits per heavy atom. The van der Waals surface area contributed by atoms with E-state index in [0.717, 1.165) is 15.6 Å². The Labute approximate surface area is 103 Å². The minimum atomic E-state index is -0.213. The highest BCUT2D eigenvalue weighted by molar-refractivity contribution is 9.15. The maximum Gasteiger partial charge on any atom is 0.339 e. The average Bonchev–Trinajstić information content (AvgIpc) is 2.26. The van der Waals surface area contributed by atoms with Crippen LogP contribution in [0.2, 0.25) is 0 Å². The number of benzene rings is 1. The lowest BCUT2D eigenvalue weighted by Gasteiger charge is -2.33. The molecule has 1 fully saturated rings. The van der Waals surface area contributed by atoms with Gasteiger partial charge in [-0.25, -0.2) is 4.79 Å². The van der Waals surface area contributed by atoms with E-state index in [1.165, 1.54) is 0 Å². The molecule has 3 heteroatoms. The summed E-state index contributed by atoms with van der Waals surface area (Å²) in [6, 6.07) is 9.80. The van der Waals surface area contributed by atoms with E-state index in [0.29, 0.717) is 5.92 Å². The molecule has 1 aliphatic rings. The van der Waals surface area contributed by atoms with Gasteiger partial charge in [-0.05, 0) is 27.4 Å². The van der Waals surface area contributed by atoms with Crippen LogP contribution in [-0.2, 0) is 9.53 Å². The van der Waals surface area contributed by atoms with Crippen molar-refractivity contribution in [2.24, 2.45) is 5.92 Å². The third-order valence-corrected chi connectivity index (χ3v) is 3.49. The molecule has 0 spiro atoms. The zero-order chi connectivity index (χ0) is 11.7. The second kappa shape index (κ2) is 4.42. The van der Waals surface area contributed by atoms with Gasteiger partial charge in [0.05, 0.1) is 5.57 Å². The fourth-order valence-corrected chi connectivity index (χ4v) is 2.37. The molecule has 0 aromatic heterocycles. The van der Waals surface area contributed by atoms with Crippen LogP contribution in [0.25, 0.3) is 4.48 Å². The van der Waals surface area contributed by atoms with E-state index in [1.807, 2.05) is 44.2 Å². The van der Waals surface area contributed by atoms with Crippen molar-refractivity contribution in [1.82, 2.24) is 0 Å². The Balaban J connectivity index is 2.37. The van der Waals surface area contributed by atoms with Crippen LogP contribution in [0.15, 0.2) is 35.9 Å². The van der Waals surface area contributed by atoms with Gasteiger partial charge in [0.25, 0.3) is 0 Å². The lowest BCUT2D eigenvalue weighted by Crippen LogP contribution is -2.40. The predicted octanol–water partition coefficient (Wildman–Crippen LogP) is 3.37. The number of hydrogen-bond donors (Lipinski definition) is 0. The van der Waals surface area contributed by atoms with Gasteiger partial charge >= 0.3 is 5.97 Å². The molecule has 2 nitrogen and oxygen atoms in total. The van der Waals surface area contributed by atoms with Crippen molar-refractivity contribution in [3.05, 3.63) is 41.5 Å². The summed E-state index contributed by atoms with van der Waals surface area (Å²) in [6.45, 7) is 4.09. The molecule has 84 valence electrons. The van der Waals surface area contributed by atoms with Gasteiger partial charge in [0.15, 0.2) is 0 Å². The van der Waals surface area contributed by atoms with Gasteiger partial charge < -0.3 is 4.74 Å². The van der Waals surface area contributed by atoms with Crippen LogP contribution >= 0.6 is 15.9 Å². The predicted molar refractivity (Wildman–Crippen MR) is 67.0 cm³/mol. The van der Waals surface area contributed by atoms with Crippen LogP contribution in [0.1, 0.15) is 19.4 Å². The summed E-state index contributed by atoms with van der Waals surface area (Å²) in [5.74, 6) is 0.0957. The van der Waals surface area contributed by atoms with Crippen LogP contribution in [0, 0.1) is 5.92 Å². The molecule has 1 unspecified atom stereocenters. The number of hydrogen-bond acceptors (Lipinski definition) is 2. The SMILES string of the molecule is CC(C)C1OC(=O)/C1=C(\Br)c1ccccc1. The molecule has 1 aromatic carbocycles. The number of halogens is 1. The summed E-state index contributed by atoms with van der Waals surface area (Å²) in [4.78, 5) is 11.5. The minimum absolute atomic E-state index is 0.0814. The van der Waals surface area contributed by atoms with Gasteiger partial charge in [-0.15, -0.1) is 0 Å². The molecular formula is C13H13BrO2. The van der Waals surface area contributed by atoms with Crippen LogP contribution in [-0.4, -0.2) is 12.1 Å². The summed E-state index contributed by atoms with van der Waals surface area (Å²) in [5, 5.41) is 0. The average molecular weight is 281 g/mol. The second-order valence-corrected chi connectivity index (χ2v) is 4.96. The highest BCUT2D eigenvalue weighted by atomic mass is 79.9. The largest absolute Gasteiger partial charge is 0.453 e. The van der Waals surface area contributed by atoms with Crippen molar-refractivity contribution in [3.8, 4) is 0 Å². The van der Waals surface area contributed by atoms with Crippen LogP contribution < -0.4 is 0 Å². The first-order chi connectivity index (χ1) is 7.61. The van der Waals surface area contributed by atoms with Crippen molar-refractivity contribution < 1.29 is 9.53 Å². The van der Waals surface area contributed by atoms with Crippen LogP contribution in [0.4, 0.5) is 0 Å². The van der Waals surface area contributed by atoms with E-state index < -0.39 is 0 Å². The number of rotatable bonds is 2. The first kappa shape index (κ1) is 11.4. The van der Waals surface area contributed by atoms with E-state index in [-0.39, 0.29) is 12.1 Å². The third kappa shape index (κ3) is 1.92. The Kier molecular flexibility index (Phi) is 3.15. The number of cyclic esters (lactones) is 1. The quantitative estimate of drug-likeness (QED) is 0.613.